The SMILES string of the molecule is Clc1cccc(-c2cc3c4cc(-c5cc(Cl)cc(Cl)c5)c(-c5cc(Cl)cc(Cl)c5)cc4c4cc(-c5ccc(Cl)cc5Cl)c(-c5cc(Cl)cc(Cl)c5)cc4c3cc2-c2cc(Cl)cc(Cl)c2)c1. The molecule has 10 aromatic rings. The standard InChI is InChI=1S/C54H25Cl11/c55-31-3-1-2-26(6-31)42-20-48-49(21-43(42)27-7-33(57)15-34(58)8-27)52-24-46(30-13-39(63)18-40(64)14-30)47(41-5-4-32(56)19-54(41)65)25-53(52)51-23-45(29-11-37(61)17-38(62)12-29)44(22-50(48)51)28-9-35(59)16-36(60)10-28/h1-25H. The highest BCUT2D eigenvalue weighted by atomic mass is 35.5. The van der Waals surface area contributed by atoms with E-state index in [9.17, 15) is 0 Å². The van der Waals surface area contributed by atoms with Crippen LogP contribution in [-0.4, -0.2) is 0 Å². The number of benzene rings is 10. The lowest BCUT2D eigenvalue weighted by atomic mass is 9.82. The minimum Gasteiger partial charge on any atom is -0.0843 e. The van der Waals surface area contributed by atoms with Gasteiger partial charge in [0, 0.05) is 60.8 Å². The van der Waals surface area contributed by atoms with Crippen molar-refractivity contribution in [1.82, 2.24) is 0 Å². The normalized spacial score (nSPS) is 11.6. The van der Waals surface area contributed by atoms with Gasteiger partial charge >= 0.3 is 0 Å². The zero-order valence-electron chi connectivity index (χ0n) is 33.1. The molecule has 0 heterocycles. The molecule has 65 heavy (non-hydrogen) atoms. The zero-order valence-corrected chi connectivity index (χ0v) is 41.4. The zero-order chi connectivity index (χ0) is 45.4. The van der Waals surface area contributed by atoms with Gasteiger partial charge in [-0.1, -0.05) is 146 Å². The van der Waals surface area contributed by atoms with Crippen molar-refractivity contribution >= 4 is 160 Å². The molecule has 0 amide bonds. The maximum atomic E-state index is 7.09. The summed E-state index contributed by atoms with van der Waals surface area (Å²) >= 11 is 74.1. The summed E-state index contributed by atoms with van der Waals surface area (Å²) in [7, 11) is 0. The molecule has 0 nitrogen and oxygen atoms in total. The van der Waals surface area contributed by atoms with Crippen LogP contribution >= 0.6 is 128 Å². The molecule has 0 aliphatic rings. The smallest absolute Gasteiger partial charge is 0.0499 e. The molecule has 0 N–H and O–H groups in total. The monoisotopic (exact) mass is 1060 g/mol. The van der Waals surface area contributed by atoms with Gasteiger partial charge in [-0.3, -0.25) is 0 Å². The number of rotatable bonds is 6. The van der Waals surface area contributed by atoms with Gasteiger partial charge in [0.1, 0.15) is 0 Å². The van der Waals surface area contributed by atoms with Crippen molar-refractivity contribution < 1.29 is 0 Å². The molecule has 0 saturated heterocycles. The third-order valence-electron chi connectivity index (χ3n) is 11.4. The Morgan fingerprint density at radius 3 is 0.785 bits per heavy atom. The van der Waals surface area contributed by atoms with Gasteiger partial charge in [-0.15, -0.1) is 0 Å². The molecular formula is C54H25Cl11. The van der Waals surface area contributed by atoms with Crippen LogP contribution in [0.15, 0.2) is 152 Å². The maximum Gasteiger partial charge on any atom is 0.0499 e. The summed E-state index contributed by atoms with van der Waals surface area (Å²) in [6.45, 7) is 0. The summed E-state index contributed by atoms with van der Waals surface area (Å²) in [5.41, 5.74) is 10.0. The highest BCUT2D eigenvalue weighted by Gasteiger charge is 2.23. The predicted molar refractivity (Wildman–Crippen MR) is 287 cm³/mol. The van der Waals surface area contributed by atoms with Crippen molar-refractivity contribution in [2.45, 2.75) is 0 Å². The van der Waals surface area contributed by atoms with Gasteiger partial charge in [0.05, 0.1) is 0 Å². The molecule has 0 aromatic heterocycles. The van der Waals surface area contributed by atoms with Gasteiger partial charge in [-0.25, -0.2) is 0 Å². The molecule has 0 unspecified atom stereocenters. The lowest BCUT2D eigenvalue weighted by Gasteiger charge is -2.21. The number of fused-ring (bicyclic) bond motifs is 6. The summed E-state index contributed by atoms with van der Waals surface area (Å²) in [4.78, 5) is 0. The minimum absolute atomic E-state index is 0.469. The van der Waals surface area contributed by atoms with Crippen LogP contribution < -0.4 is 0 Å². The van der Waals surface area contributed by atoms with E-state index in [0.717, 1.165) is 99.1 Å². The Morgan fingerprint density at radius 1 is 0.185 bits per heavy atom. The average molecular weight is 1060 g/mol. The fourth-order valence-electron chi connectivity index (χ4n) is 8.75. The first-order valence-corrected chi connectivity index (χ1v) is 23.9. The molecule has 10 aromatic carbocycles. The Balaban J connectivity index is 1.46. The Labute approximate surface area is 429 Å². The van der Waals surface area contributed by atoms with E-state index < -0.39 is 0 Å². The van der Waals surface area contributed by atoms with E-state index in [4.69, 9.17) is 128 Å². The van der Waals surface area contributed by atoms with Crippen LogP contribution in [0.25, 0.3) is 99.1 Å². The third kappa shape index (κ3) is 8.91. The molecule has 0 aliphatic carbocycles. The van der Waals surface area contributed by atoms with Crippen molar-refractivity contribution in [3.8, 4) is 66.8 Å². The second-order valence-corrected chi connectivity index (χ2v) is 20.4. The van der Waals surface area contributed by atoms with Gasteiger partial charge in [0.15, 0.2) is 0 Å². The van der Waals surface area contributed by atoms with Crippen molar-refractivity contribution in [2.75, 3.05) is 0 Å². The summed E-state index contributed by atoms with van der Waals surface area (Å²) in [6.07, 6.45) is 0. The van der Waals surface area contributed by atoms with Crippen molar-refractivity contribution in [3.05, 3.63) is 207 Å². The average Bonchev–Trinajstić information content (AvgIpc) is 3.24. The van der Waals surface area contributed by atoms with Crippen LogP contribution in [0, 0.1) is 0 Å². The topological polar surface area (TPSA) is 0 Å². The summed E-state index contributed by atoms with van der Waals surface area (Å²) in [6, 6.07) is 48.4. The van der Waals surface area contributed by atoms with Crippen LogP contribution in [0.3, 0.4) is 0 Å². The molecule has 0 radical (unpaired) electrons. The highest BCUT2D eigenvalue weighted by molar-refractivity contribution is 6.39. The number of hydrogen-bond acceptors (Lipinski definition) is 0. The third-order valence-corrected chi connectivity index (χ3v) is 13.9. The molecule has 0 aliphatic heterocycles. The minimum atomic E-state index is 0.469. The molecule has 0 saturated carbocycles. The van der Waals surface area contributed by atoms with Crippen LogP contribution in [0.1, 0.15) is 0 Å². The van der Waals surface area contributed by atoms with E-state index in [1.807, 2.05) is 84.9 Å². The summed E-state index contributed by atoms with van der Waals surface area (Å²) in [5, 5.41) is 11.0. The first kappa shape index (κ1) is 45.0. The van der Waals surface area contributed by atoms with Crippen molar-refractivity contribution in [1.29, 1.82) is 0 Å². The van der Waals surface area contributed by atoms with Gasteiger partial charge in [-0.2, -0.15) is 0 Å². The van der Waals surface area contributed by atoms with Gasteiger partial charge in [-0.05, 0) is 227 Å². The second kappa shape index (κ2) is 18.0. The maximum absolute atomic E-state index is 7.09. The Kier molecular flexibility index (Phi) is 12.5. The van der Waals surface area contributed by atoms with E-state index >= 15 is 0 Å². The first-order chi connectivity index (χ1) is 31.1. The molecule has 0 atom stereocenters. The predicted octanol–water partition coefficient (Wildman–Crippen LogP) is 22.3. The second-order valence-electron chi connectivity index (χ2n) is 15.6. The molecule has 0 fully saturated rings. The summed E-state index contributed by atoms with van der Waals surface area (Å²) in [5.74, 6) is 0. The van der Waals surface area contributed by atoms with Crippen LogP contribution in [-0.2, 0) is 0 Å². The van der Waals surface area contributed by atoms with E-state index in [1.165, 1.54) is 0 Å². The lowest BCUT2D eigenvalue weighted by molar-refractivity contribution is 1.59. The van der Waals surface area contributed by atoms with Crippen molar-refractivity contribution in [2.24, 2.45) is 0 Å². The van der Waals surface area contributed by atoms with E-state index in [1.54, 1.807) is 30.3 Å². The first-order valence-electron chi connectivity index (χ1n) is 19.8. The number of hydrogen-bond donors (Lipinski definition) is 0. The fraction of sp³-hybridized carbons (Fsp3) is 0. The molecule has 318 valence electrons. The van der Waals surface area contributed by atoms with E-state index in [0.29, 0.717) is 55.2 Å². The van der Waals surface area contributed by atoms with Crippen LogP contribution in [0.4, 0.5) is 0 Å². The molecular weight excluding hydrogens is 1040 g/mol. The highest BCUT2D eigenvalue weighted by Crippen LogP contribution is 2.50. The Morgan fingerprint density at radius 2 is 0.462 bits per heavy atom. The van der Waals surface area contributed by atoms with Gasteiger partial charge in [0.2, 0.25) is 0 Å². The fourth-order valence-corrected chi connectivity index (χ4v) is 11.6. The van der Waals surface area contributed by atoms with Gasteiger partial charge in [0.25, 0.3) is 0 Å². The molecule has 10 rings (SSSR count). The van der Waals surface area contributed by atoms with Crippen LogP contribution in [0.5, 0.6) is 0 Å². The quantitative estimate of drug-likeness (QED) is 0.146. The molecule has 0 spiro atoms. The van der Waals surface area contributed by atoms with Crippen molar-refractivity contribution in [3.63, 3.8) is 0 Å². The summed E-state index contributed by atoms with van der Waals surface area (Å²) < 4.78 is 0. The molecule has 11 heteroatoms. The number of halogens is 11. The van der Waals surface area contributed by atoms with E-state index in [-0.39, 0.29) is 0 Å². The van der Waals surface area contributed by atoms with E-state index in [2.05, 4.69) is 36.4 Å². The van der Waals surface area contributed by atoms with Gasteiger partial charge < -0.3 is 0 Å². The van der Waals surface area contributed by atoms with Crippen LogP contribution in [0.2, 0.25) is 55.2 Å². The Bertz CT molecular complexity index is 3530. The largest absolute Gasteiger partial charge is 0.0843 e. The Hall–Kier alpha value is -3.83. The lowest BCUT2D eigenvalue weighted by Crippen LogP contribution is -1.95. The molecule has 0 bridgehead atoms.